The molecule has 3 aromatic rings. The predicted molar refractivity (Wildman–Crippen MR) is 127 cm³/mol. The lowest BCUT2D eigenvalue weighted by atomic mass is 9.83. The van der Waals surface area contributed by atoms with Crippen molar-refractivity contribution >= 4 is 37.9 Å². The zero-order chi connectivity index (χ0) is 23.0. The minimum Gasteiger partial charge on any atom is -0.481 e. The topological polar surface area (TPSA) is 96.6 Å². The molecular formula is C26H29NO5S. The highest BCUT2D eigenvalue weighted by molar-refractivity contribution is 7.89. The average Bonchev–Trinajstić information content (AvgIpc) is 3.49. The summed E-state index contributed by atoms with van der Waals surface area (Å²) in [6.45, 7) is 0. The predicted octanol–water partition coefficient (Wildman–Crippen LogP) is 5.48. The quantitative estimate of drug-likeness (QED) is 0.321. The molecule has 2 N–H and O–H groups in total. The van der Waals surface area contributed by atoms with E-state index in [2.05, 4.69) is 10.8 Å². The normalized spacial score (nSPS) is 25.0. The van der Waals surface area contributed by atoms with Gasteiger partial charge in [0.15, 0.2) is 0 Å². The number of aliphatic carboxylic acids is 1. The largest absolute Gasteiger partial charge is 0.481 e. The highest BCUT2D eigenvalue weighted by atomic mass is 32.2. The summed E-state index contributed by atoms with van der Waals surface area (Å²) in [4.78, 5) is 10.9. The first-order valence-corrected chi connectivity index (χ1v) is 13.2. The van der Waals surface area contributed by atoms with Gasteiger partial charge in [-0.2, -0.15) is 0 Å². The molecule has 2 fully saturated rings. The van der Waals surface area contributed by atoms with Crippen LogP contribution >= 0.6 is 0 Å². The summed E-state index contributed by atoms with van der Waals surface area (Å²) in [7, 11) is -3.67. The summed E-state index contributed by atoms with van der Waals surface area (Å²) in [5.41, 5.74) is 1.43. The van der Waals surface area contributed by atoms with Crippen LogP contribution in [0.5, 0.6) is 0 Å². The zero-order valence-electron chi connectivity index (χ0n) is 18.4. The second-order valence-electron chi connectivity index (χ2n) is 9.39. The molecule has 174 valence electrons. The highest BCUT2D eigenvalue weighted by Crippen LogP contribution is 2.50. The fraction of sp³-hybridized carbons (Fsp3) is 0.423. The Morgan fingerprint density at radius 1 is 1.06 bits per heavy atom. The Labute approximate surface area is 193 Å². The van der Waals surface area contributed by atoms with Crippen molar-refractivity contribution in [2.45, 2.75) is 55.9 Å². The van der Waals surface area contributed by atoms with Crippen LogP contribution in [0.1, 0.15) is 44.9 Å². The number of carbonyl (C=O) groups is 1. The van der Waals surface area contributed by atoms with Gasteiger partial charge < -0.3 is 9.52 Å². The number of unbranched alkanes of at least 4 members (excludes halogenated alkanes) is 1. The van der Waals surface area contributed by atoms with Crippen LogP contribution in [0, 0.1) is 17.8 Å². The molecule has 2 aliphatic rings. The summed E-state index contributed by atoms with van der Waals surface area (Å²) in [6.07, 6.45) is 9.83. The molecule has 6 nitrogen and oxygen atoms in total. The van der Waals surface area contributed by atoms with Crippen LogP contribution in [-0.4, -0.2) is 25.5 Å². The minimum atomic E-state index is -3.67. The minimum absolute atomic E-state index is 0.0609. The second-order valence-corrected chi connectivity index (χ2v) is 11.1. The molecule has 0 saturated heterocycles. The van der Waals surface area contributed by atoms with Gasteiger partial charge in [0.05, 0.1) is 4.90 Å². The van der Waals surface area contributed by atoms with E-state index in [1.807, 2.05) is 30.3 Å². The molecule has 0 aliphatic heterocycles. The molecule has 4 atom stereocenters. The first-order valence-electron chi connectivity index (χ1n) is 11.7. The molecule has 1 aromatic heterocycles. The molecule has 0 unspecified atom stereocenters. The van der Waals surface area contributed by atoms with Crippen LogP contribution in [-0.2, 0) is 14.8 Å². The van der Waals surface area contributed by atoms with E-state index in [0.717, 1.165) is 48.5 Å². The number of hydrogen-bond acceptors (Lipinski definition) is 4. The maximum atomic E-state index is 13.4. The summed E-state index contributed by atoms with van der Waals surface area (Å²) in [5, 5.41) is 10.5. The molecule has 0 spiro atoms. The van der Waals surface area contributed by atoms with Crippen LogP contribution in [0.4, 0.5) is 0 Å². The maximum absolute atomic E-state index is 13.4. The van der Waals surface area contributed by atoms with E-state index in [9.17, 15) is 13.2 Å². The molecule has 2 bridgehead atoms. The van der Waals surface area contributed by atoms with E-state index < -0.39 is 16.0 Å². The van der Waals surface area contributed by atoms with Crippen LogP contribution in [0.15, 0.2) is 63.9 Å². The van der Waals surface area contributed by atoms with Gasteiger partial charge >= 0.3 is 5.97 Å². The molecule has 0 amide bonds. The van der Waals surface area contributed by atoms with E-state index >= 15 is 0 Å². The van der Waals surface area contributed by atoms with E-state index in [4.69, 9.17) is 9.52 Å². The van der Waals surface area contributed by atoms with Crippen molar-refractivity contribution in [1.29, 1.82) is 0 Å². The molecule has 2 aliphatic carbocycles. The van der Waals surface area contributed by atoms with Gasteiger partial charge in [-0.1, -0.05) is 30.4 Å². The summed E-state index contributed by atoms with van der Waals surface area (Å²) in [5.74, 6) is 0.445. The third-order valence-electron chi connectivity index (χ3n) is 7.37. The van der Waals surface area contributed by atoms with Crippen LogP contribution in [0.25, 0.3) is 21.9 Å². The first-order chi connectivity index (χ1) is 15.9. The Bertz CT molecular complexity index is 1310. The Morgan fingerprint density at radius 2 is 1.85 bits per heavy atom. The lowest BCUT2D eigenvalue weighted by molar-refractivity contribution is -0.137. The molecule has 5 rings (SSSR count). The van der Waals surface area contributed by atoms with Gasteiger partial charge in [-0.3, -0.25) is 4.79 Å². The van der Waals surface area contributed by atoms with Crippen LogP contribution in [0.3, 0.4) is 0 Å². The molecule has 1 heterocycles. The third-order valence-corrected chi connectivity index (χ3v) is 8.83. The summed E-state index contributed by atoms with van der Waals surface area (Å²) in [6, 6.07) is 12.7. The summed E-state index contributed by atoms with van der Waals surface area (Å²) < 4.78 is 35.6. The van der Waals surface area contributed by atoms with Gasteiger partial charge in [0.25, 0.3) is 0 Å². The van der Waals surface area contributed by atoms with E-state index in [1.165, 1.54) is 0 Å². The Balaban J connectivity index is 1.33. The van der Waals surface area contributed by atoms with Crippen molar-refractivity contribution in [2.75, 3.05) is 0 Å². The number of carboxylic acids is 1. The number of fused-ring (bicyclic) bond motifs is 5. The number of sulfonamides is 1. The standard InChI is InChI=1S/C26H29NO5S/c28-25(29)10-4-2-1-3-7-20-17-11-12-18(15-17)26(20)27-33(30,31)19-13-14-24-22(16-19)21-8-5-6-9-23(21)32-24/h1,3,5-6,8-9,13-14,16-18,20,26-27H,2,4,7,10-12,15H2,(H,28,29)/t17-,18+,20+,26+/m0/s1. The van der Waals surface area contributed by atoms with Crippen molar-refractivity contribution < 1.29 is 22.7 Å². The van der Waals surface area contributed by atoms with Crippen LogP contribution < -0.4 is 4.72 Å². The fourth-order valence-corrected chi connectivity index (χ4v) is 7.18. The lowest BCUT2D eigenvalue weighted by Gasteiger charge is -2.31. The SMILES string of the molecule is O=C(O)CCCC=CC[C@@H]1[C@H]2CC[C@H](C2)[C@H]1NS(=O)(=O)c1ccc2oc3ccccc3c2c1. The number of furan rings is 1. The van der Waals surface area contributed by atoms with Gasteiger partial charge in [-0.05, 0) is 80.5 Å². The Hall–Kier alpha value is -2.64. The molecule has 2 aromatic carbocycles. The molecule has 0 radical (unpaired) electrons. The van der Waals surface area contributed by atoms with Crippen molar-refractivity contribution in [3.8, 4) is 0 Å². The lowest BCUT2D eigenvalue weighted by Crippen LogP contribution is -2.43. The second kappa shape index (κ2) is 8.95. The average molecular weight is 468 g/mol. The van der Waals surface area contributed by atoms with Gasteiger partial charge in [0, 0.05) is 23.2 Å². The maximum Gasteiger partial charge on any atom is 0.303 e. The molecular weight excluding hydrogens is 438 g/mol. The van der Waals surface area contributed by atoms with Gasteiger partial charge in [-0.25, -0.2) is 13.1 Å². The number of para-hydroxylation sites is 1. The first kappa shape index (κ1) is 22.2. The Morgan fingerprint density at radius 3 is 2.70 bits per heavy atom. The molecule has 7 heteroatoms. The number of nitrogens with one attached hydrogen (secondary N) is 1. The van der Waals surface area contributed by atoms with Crippen molar-refractivity contribution in [3.63, 3.8) is 0 Å². The molecule has 33 heavy (non-hydrogen) atoms. The van der Waals surface area contributed by atoms with E-state index in [-0.39, 0.29) is 23.3 Å². The Kier molecular flexibility index (Phi) is 6.01. The number of allylic oxidation sites excluding steroid dienone is 2. The number of benzene rings is 2. The fourth-order valence-electron chi connectivity index (χ4n) is 5.80. The number of carboxylic acid groups (broad SMARTS) is 1. The van der Waals surface area contributed by atoms with E-state index in [1.54, 1.807) is 18.2 Å². The monoisotopic (exact) mass is 467 g/mol. The van der Waals surface area contributed by atoms with Crippen molar-refractivity contribution in [2.24, 2.45) is 17.8 Å². The van der Waals surface area contributed by atoms with Crippen molar-refractivity contribution in [3.05, 3.63) is 54.6 Å². The highest BCUT2D eigenvalue weighted by Gasteiger charge is 2.48. The van der Waals surface area contributed by atoms with Gasteiger partial charge in [0.1, 0.15) is 11.2 Å². The number of rotatable bonds is 9. The third kappa shape index (κ3) is 4.44. The summed E-state index contributed by atoms with van der Waals surface area (Å²) >= 11 is 0. The number of hydrogen-bond donors (Lipinski definition) is 2. The van der Waals surface area contributed by atoms with E-state index in [0.29, 0.717) is 23.8 Å². The molecule has 2 saturated carbocycles. The van der Waals surface area contributed by atoms with Crippen molar-refractivity contribution in [1.82, 2.24) is 4.72 Å². The van der Waals surface area contributed by atoms with Gasteiger partial charge in [0.2, 0.25) is 10.0 Å². The van der Waals surface area contributed by atoms with Gasteiger partial charge in [-0.15, -0.1) is 0 Å². The van der Waals surface area contributed by atoms with Crippen LogP contribution in [0.2, 0.25) is 0 Å². The zero-order valence-corrected chi connectivity index (χ0v) is 19.3. The smallest absolute Gasteiger partial charge is 0.303 e.